The fourth-order valence-corrected chi connectivity index (χ4v) is 8.68. The first-order chi connectivity index (χ1) is 7.21. The summed E-state index contributed by atoms with van der Waals surface area (Å²) < 4.78 is 3.14. The van der Waals surface area contributed by atoms with E-state index in [1.165, 1.54) is 0 Å². The summed E-state index contributed by atoms with van der Waals surface area (Å²) in [6.45, 7) is 0. The second-order valence-corrected chi connectivity index (χ2v) is 16.9. The molecule has 0 bridgehead atoms. The summed E-state index contributed by atoms with van der Waals surface area (Å²) in [5.41, 5.74) is 0. The van der Waals surface area contributed by atoms with Crippen molar-refractivity contribution >= 4 is 25.5 Å². The van der Waals surface area contributed by atoms with Gasteiger partial charge in [0.1, 0.15) is 0 Å². The van der Waals surface area contributed by atoms with Gasteiger partial charge in [0.25, 0.3) is 0 Å². The molecule has 1 heteroatoms. The van der Waals surface area contributed by atoms with Crippen molar-refractivity contribution in [1.29, 1.82) is 0 Å². The summed E-state index contributed by atoms with van der Waals surface area (Å²) in [6.07, 6.45) is 0. The molecular formula is C14H16Sn. The predicted octanol–water partition coefficient (Wildman–Crippen LogP) is 2.51. The van der Waals surface area contributed by atoms with E-state index in [-0.39, 0.29) is 0 Å². The van der Waals surface area contributed by atoms with Crippen LogP contribution in [0.3, 0.4) is 0 Å². The van der Waals surface area contributed by atoms with Crippen molar-refractivity contribution in [3.8, 4) is 0 Å². The molecule has 0 N–H and O–H groups in total. The maximum absolute atomic E-state index is 2.47. The van der Waals surface area contributed by atoms with Gasteiger partial charge in [0, 0.05) is 0 Å². The Bertz CT molecular complexity index is 376. The summed E-state index contributed by atoms with van der Waals surface area (Å²) in [7, 11) is 0. The Balaban J connectivity index is 2.44. The van der Waals surface area contributed by atoms with Gasteiger partial charge in [-0.05, 0) is 0 Å². The second-order valence-electron chi connectivity index (χ2n) is 4.36. The first-order valence-corrected chi connectivity index (χ1v) is 13.9. The first kappa shape index (κ1) is 10.7. The number of rotatable bonds is 2. The van der Waals surface area contributed by atoms with Crippen LogP contribution in [0.15, 0.2) is 60.7 Å². The number of hydrogen-bond donors (Lipinski definition) is 0. The van der Waals surface area contributed by atoms with Crippen LogP contribution in [-0.2, 0) is 0 Å². The molecule has 0 atom stereocenters. The van der Waals surface area contributed by atoms with Crippen molar-refractivity contribution < 1.29 is 0 Å². The molecule has 0 aliphatic carbocycles. The third-order valence-corrected chi connectivity index (χ3v) is 13.1. The molecule has 0 aliphatic rings. The van der Waals surface area contributed by atoms with Gasteiger partial charge in [-0.3, -0.25) is 0 Å². The predicted molar refractivity (Wildman–Crippen MR) is 69.6 cm³/mol. The van der Waals surface area contributed by atoms with E-state index >= 15 is 0 Å². The third-order valence-electron chi connectivity index (χ3n) is 2.99. The Morgan fingerprint density at radius 3 is 1.27 bits per heavy atom. The van der Waals surface area contributed by atoms with Gasteiger partial charge in [0.15, 0.2) is 0 Å². The maximum atomic E-state index is 2.47. The van der Waals surface area contributed by atoms with E-state index in [1.54, 1.807) is 7.16 Å². The van der Waals surface area contributed by atoms with Gasteiger partial charge < -0.3 is 0 Å². The molecule has 0 saturated carbocycles. The molecule has 0 spiro atoms. The van der Waals surface area contributed by atoms with Crippen LogP contribution in [0.5, 0.6) is 0 Å². The molecule has 0 aliphatic heterocycles. The third kappa shape index (κ3) is 2.25. The van der Waals surface area contributed by atoms with Gasteiger partial charge in [-0.15, -0.1) is 0 Å². The monoisotopic (exact) mass is 304 g/mol. The average molecular weight is 303 g/mol. The van der Waals surface area contributed by atoms with Gasteiger partial charge in [-0.25, -0.2) is 0 Å². The molecule has 0 aromatic heterocycles. The normalized spacial score (nSPS) is 11.3. The van der Waals surface area contributed by atoms with Crippen LogP contribution < -0.4 is 7.16 Å². The number of benzene rings is 2. The minimum absolute atomic E-state index is 1.57. The van der Waals surface area contributed by atoms with E-state index in [0.717, 1.165) is 0 Å². The molecule has 0 nitrogen and oxygen atoms in total. The van der Waals surface area contributed by atoms with Crippen LogP contribution in [0.1, 0.15) is 0 Å². The Hall–Kier alpha value is -0.761. The van der Waals surface area contributed by atoms with Gasteiger partial charge in [0.2, 0.25) is 0 Å². The average Bonchev–Trinajstić information content (AvgIpc) is 2.31. The molecule has 0 fully saturated rings. The van der Waals surface area contributed by atoms with Crippen LogP contribution in [0, 0.1) is 0 Å². The molecule has 0 unspecified atom stereocenters. The summed E-state index contributed by atoms with van der Waals surface area (Å²) in [5, 5.41) is 0. The van der Waals surface area contributed by atoms with Crippen molar-refractivity contribution in [2.24, 2.45) is 0 Å². The van der Waals surface area contributed by atoms with Crippen LogP contribution in [0.25, 0.3) is 0 Å². The van der Waals surface area contributed by atoms with E-state index in [1.807, 2.05) is 0 Å². The zero-order valence-corrected chi connectivity index (χ0v) is 12.1. The Labute approximate surface area is 95.8 Å². The molecule has 0 radical (unpaired) electrons. The van der Waals surface area contributed by atoms with Crippen molar-refractivity contribution in [1.82, 2.24) is 0 Å². The molecule has 15 heavy (non-hydrogen) atoms. The van der Waals surface area contributed by atoms with E-state index in [4.69, 9.17) is 0 Å². The minimum atomic E-state index is -2.24. The van der Waals surface area contributed by atoms with Gasteiger partial charge in [0.05, 0.1) is 0 Å². The molecule has 2 aromatic rings. The van der Waals surface area contributed by atoms with E-state index < -0.39 is 18.4 Å². The SMILES string of the molecule is [CH3][Sn]([CH3])([c]1ccccc1)[c]1ccccc1. The zero-order chi connectivity index (χ0) is 10.7. The molecule has 76 valence electrons. The summed E-state index contributed by atoms with van der Waals surface area (Å²) in [4.78, 5) is 4.94. The molecule has 2 aromatic carbocycles. The fraction of sp³-hybridized carbons (Fsp3) is 0.143. The molecule has 0 heterocycles. The first-order valence-electron chi connectivity index (χ1n) is 5.32. The van der Waals surface area contributed by atoms with Crippen LogP contribution in [0.2, 0.25) is 9.88 Å². The van der Waals surface area contributed by atoms with Crippen molar-refractivity contribution in [3.05, 3.63) is 60.7 Å². The number of hydrogen-bond acceptors (Lipinski definition) is 0. The molecule has 0 amide bonds. The fourth-order valence-electron chi connectivity index (χ4n) is 1.88. The molecule has 2 rings (SSSR count). The topological polar surface area (TPSA) is 0 Å². The summed E-state index contributed by atoms with van der Waals surface area (Å²) in [6, 6.07) is 21.9. The van der Waals surface area contributed by atoms with Gasteiger partial charge >= 0.3 is 96.1 Å². The van der Waals surface area contributed by atoms with Crippen LogP contribution in [0.4, 0.5) is 0 Å². The van der Waals surface area contributed by atoms with Crippen LogP contribution >= 0.6 is 0 Å². The van der Waals surface area contributed by atoms with E-state index in [0.29, 0.717) is 0 Å². The Morgan fingerprint density at radius 1 is 0.600 bits per heavy atom. The van der Waals surface area contributed by atoms with Crippen molar-refractivity contribution in [2.75, 3.05) is 0 Å². The molecular weight excluding hydrogens is 287 g/mol. The second kappa shape index (κ2) is 4.40. The Kier molecular flexibility index (Phi) is 3.15. The standard InChI is InChI=1S/2C6H5.2CH3.Sn/c2*1-2-4-6-5-3-1;;;/h2*1-5H;2*1H3;. The molecule has 0 saturated heterocycles. The van der Waals surface area contributed by atoms with Gasteiger partial charge in [-0.1, -0.05) is 0 Å². The quantitative estimate of drug-likeness (QED) is 0.748. The van der Waals surface area contributed by atoms with E-state index in [2.05, 4.69) is 70.5 Å². The van der Waals surface area contributed by atoms with Crippen molar-refractivity contribution in [2.45, 2.75) is 9.88 Å². The summed E-state index contributed by atoms with van der Waals surface area (Å²) in [5.74, 6) is 0. The van der Waals surface area contributed by atoms with E-state index in [9.17, 15) is 0 Å². The zero-order valence-electron chi connectivity index (χ0n) is 9.27. The van der Waals surface area contributed by atoms with Crippen molar-refractivity contribution in [3.63, 3.8) is 0 Å². The van der Waals surface area contributed by atoms with Crippen LogP contribution in [-0.4, -0.2) is 18.4 Å². The van der Waals surface area contributed by atoms with Gasteiger partial charge in [-0.2, -0.15) is 0 Å². The summed E-state index contributed by atoms with van der Waals surface area (Å²) >= 11 is -2.24. The Morgan fingerprint density at radius 2 is 0.933 bits per heavy atom.